The van der Waals surface area contributed by atoms with Crippen LogP contribution in [0.1, 0.15) is 0 Å². The molecule has 11 heavy (non-hydrogen) atoms. The van der Waals surface area contributed by atoms with Crippen LogP contribution in [0.15, 0.2) is 30.3 Å². The maximum Gasteiger partial charge on any atom is 0.391 e. The number of benzene rings is 1. The minimum Gasteiger partial charge on any atom is -0.194 e. The van der Waals surface area contributed by atoms with Crippen LogP contribution in [0.5, 0.6) is 0 Å². The largest absolute Gasteiger partial charge is 0.391 e. The van der Waals surface area contributed by atoms with Gasteiger partial charge in [-0.1, -0.05) is 22.8 Å². The highest BCUT2D eigenvalue weighted by atomic mass is 31.1. The average molecular weight is 164 g/mol. The van der Waals surface area contributed by atoms with Crippen molar-refractivity contribution in [2.24, 2.45) is 0 Å². The van der Waals surface area contributed by atoms with E-state index in [1.165, 1.54) is 0 Å². The summed E-state index contributed by atoms with van der Waals surface area (Å²) in [6.45, 7) is 0. The molecule has 1 unspecified atom stereocenters. The molecule has 0 aliphatic rings. The first-order valence-electron chi connectivity index (χ1n) is 3.21. The zero-order valence-electron chi connectivity index (χ0n) is 5.90. The van der Waals surface area contributed by atoms with Gasteiger partial charge in [-0.3, -0.25) is 0 Å². The van der Waals surface area contributed by atoms with Gasteiger partial charge in [-0.15, -0.1) is 0 Å². The fourth-order valence-electron chi connectivity index (χ4n) is 0.750. The van der Waals surface area contributed by atoms with E-state index in [0.717, 1.165) is 5.30 Å². The van der Waals surface area contributed by atoms with Crippen LogP contribution in [0.3, 0.4) is 0 Å². The summed E-state index contributed by atoms with van der Waals surface area (Å²) in [6, 6.07) is 10.9. The van der Waals surface area contributed by atoms with Gasteiger partial charge < -0.3 is 0 Å². The van der Waals surface area contributed by atoms with E-state index in [1.807, 2.05) is 24.3 Å². The number of rotatable bonds is 2. The van der Waals surface area contributed by atoms with E-state index in [2.05, 4.69) is 0 Å². The van der Waals surface area contributed by atoms with Crippen molar-refractivity contribution >= 4 is 13.1 Å². The topological polar surface area (TPSA) is 40.9 Å². The monoisotopic (exact) mass is 164 g/mol. The standard InChI is InChI=1S/C8H7NOP/c9-6-7-11(10)8-4-2-1-3-5-8/h1-5H,7H2/q+1. The fourth-order valence-corrected chi connectivity index (χ4v) is 1.57. The SMILES string of the molecule is N#CC[P+](=O)c1ccccc1. The molecule has 54 valence electrons. The summed E-state index contributed by atoms with van der Waals surface area (Å²) < 4.78 is 11.2. The van der Waals surface area contributed by atoms with Crippen molar-refractivity contribution in [3.63, 3.8) is 0 Å². The molecule has 1 rings (SSSR count). The molecule has 1 atom stereocenters. The van der Waals surface area contributed by atoms with Gasteiger partial charge in [-0.2, -0.15) is 5.26 Å². The zero-order valence-corrected chi connectivity index (χ0v) is 6.79. The molecule has 3 heteroatoms. The molecule has 0 bridgehead atoms. The summed E-state index contributed by atoms with van der Waals surface area (Å²) in [5.41, 5.74) is 0. The molecular weight excluding hydrogens is 157 g/mol. The van der Waals surface area contributed by atoms with Gasteiger partial charge in [0.1, 0.15) is 6.07 Å². The van der Waals surface area contributed by atoms with Crippen LogP contribution in [-0.4, -0.2) is 6.16 Å². The molecule has 1 aromatic rings. The molecule has 0 radical (unpaired) electrons. The van der Waals surface area contributed by atoms with Crippen molar-refractivity contribution in [3.8, 4) is 6.07 Å². The summed E-state index contributed by atoms with van der Waals surface area (Å²) in [7, 11) is -1.49. The molecule has 0 aliphatic carbocycles. The highest BCUT2D eigenvalue weighted by Gasteiger charge is 2.16. The third-order valence-electron chi connectivity index (χ3n) is 1.26. The van der Waals surface area contributed by atoms with Crippen LogP contribution in [0, 0.1) is 11.3 Å². The molecule has 0 saturated carbocycles. The molecular formula is C8H7NOP+. The van der Waals surface area contributed by atoms with Crippen molar-refractivity contribution in [1.29, 1.82) is 5.26 Å². The lowest BCUT2D eigenvalue weighted by atomic mass is 10.4. The lowest BCUT2D eigenvalue weighted by molar-refractivity contribution is 0.595. The number of hydrogen-bond donors (Lipinski definition) is 0. The second-order valence-corrected chi connectivity index (χ2v) is 3.62. The number of nitrogens with zero attached hydrogens (tertiary/aromatic N) is 1. The van der Waals surface area contributed by atoms with Crippen molar-refractivity contribution in [2.45, 2.75) is 0 Å². The van der Waals surface area contributed by atoms with Gasteiger partial charge in [-0.25, -0.2) is 0 Å². The third-order valence-corrected chi connectivity index (χ3v) is 2.56. The lowest BCUT2D eigenvalue weighted by Crippen LogP contribution is -1.94. The summed E-state index contributed by atoms with van der Waals surface area (Å²) in [5.74, 6) is 0. The predicted molar refractivity (Wildman–Crippen MR) is 44.2 cm³/mol. The molecule has 0 N–H and O–H groups in total. The Bertz CT molecular complexity index is 289. The van der Waals surface area contributed by atoms with E-state index in [0.29, 0.717) is 0 Å². The first-order chi connectivity index (χ1) is 5.34. The zero-order chi connectivity index (χ0) is 8.10. The van der Waals surface area contributed by atoms with Gasteiger partial charge in [0.05, 0.1) is 0 Å². The Balaban J connectivity index is 2.79. The first-order valence-corrected chi connectivity index (χ1v) is 4.66. The Morgan fingerprint density at radius 3 is 2.55 bits per heavy atom. The normalized spacial score (nSPS) is 10.3. The van der Waals surface area contributed by atoms with Gasteiger partial charge in [0.15, 0.2) is 5.30 Å². The van der Waals surface area contributed by atoms with E-state index in [9.17, 15) is 4.57 Å². The highest BCUT2D eigenvalue weighted by molar-refractivity contribution is 7.53. The molecule has 0 heterocycles. The Labute approximate surface area is 66.3 Å². The number of hydrogen-bond acceptors (Lipinski definition) is 2. The van der Waals surface area contributed by atoms with Crippen LogP contribution in [0.4, 0.5) is 0 Å². The van der Waals surface area contributed by atoms with Crippen molar-refractivity contribution in [3.05, 3.63) is 30.3 Å². The summed E-state index contributed by atoms with van der Waals surface area (Å²) in [6.07, 6.45) is 0.110. The van der Waals surface area contributed by atoms with Gasteiger partial charge in [0, 0.05) is 0 Å². The third kappa shape index (κ3) is 2.14. The predicted octanol–water partition coefficient (Wildman–Crippen LogP) is 1.66. The van der Waals surface area contributed by atoms with E-state index in [-0.39, 0.29) is 6.16 Å². The molecule has 0 aromatic heterocycles. The molecule has 0 saturated heterocycles. The van der Waals surface area contributed by atoms with Crippen LogP contribution >= 0.6 is 7.80 Å². The molecule has 0 spiro atoms. The van der Waals surface area contributed by atoms with E-state index in [1.54, 1.807) is 12.1 Å². The summed E-state index contributed by atoms with van der Waals surface area (Å²) >= 11 is 0. The summed E-state index contributed by atoms with van der Waals surface area (Å²) in [4.78, 5) is 0. The van der Waals surface area contributed by atoms with Crippen LogP contribution in [0.25, 0.3) is 0 Å². The molecule has 0 fully saturated rings. The second kappa shape index (κ2) is 3.85. The lowest BCUT2D eigenvalue weighted by Gasteiger charge is -1.81. The van der Waals surface area contributed by atoms with E-state index < -0.39 is 7.80 Å². The molecule has 0 aliphatic heterocycles. The number of nitriles is 1. The quantitative estimate of drug-likeness (QED) is 0.623. The van der Waals surface area contributed by atoms with Gasteiger partial charge in [0.2, 0.25) is 6.16 Å². The molecule has 1 aromatic carbocycles. The molecule has 2 nitrogen and oxygen atoms in total. The Hall–Kier alpha value is -1.19. The second-order valence-electron chi connectivity index (χ2n) is 2.03. The van der Waals surface area contributed by atoms with Gasteiger partial charge in [0.25, 0.3) is 0 Å². The van der Waals surface area contributed by atoms with E-state index >= 15 is 0 Å². The fraction of sp³-hybridized carbons (Fsp3) is 0.125. The van der Waals surface area contributed by atoms with Gasteiger partial charge >= 0.3 is 7.80 Å². The minimum absolute atomic E-state index is 0.110. The average Bonchev–Trinajstić information content (AvgIpc) is 2.07. The maximum atomic E-state index is 11.2. The van der Waals surface area contributed by atoms with E-state index in [4.69, 9.17) is 5.26 Å². The highest BCUT2D eigenvalue weighted by Crippen LogP contribution is 2.17. The minimum atomic E-state index is -1.49. The smallest absolute Gasteiger partial charge is 0.194 e. The summed E-state index contributed by atoms with van der Waals surface area (Å²) in [5, 5.41) is 9.02. The van der Waals surface area contributed by atoms with Crippen LogP contribution in [0.2, 0.25) is 0 Å². The molecule has 0 amide bonds. The maximum absolute atomic E-state index is 11.2. The van der Waals surface area contributed by atoms with Crippen molar-refractivity contribution < 1.29 is 4.57 Å². The Morgan fingerprint density at radius 1 is 1.36 bits per heavy atom. The van der Waals surface area contributed by atoms with Crippen molar-refractivity contribution in [1.82, 2.24) is 0 Å². The van der Waals surface area contributed by atoms with Crippen molar-refractivity contribution in [2.75, 3.05) is 6.16 Å². The Morgan fingerprint density at radius 2 is 2.00 bits per heavy atom. The van der Waals surface area contributed by atoms with Gasteiger partial charge in [-0.05, 0) is 12.1 Å². The Kier molecular flexibility index (Phi) is 2.77. The first kappa shape index (κ1) is 7.91. The van der Waals surface area contributed by atoms with Crippen LogP contribution in [-0.2, 0) is 4.57 Å². The van der Waals surface area contributed by atoms with Crippen LogP contribution < -0.4 is 5.30 Å².